The smallest absolute Gasteiger partial charge is 0.107 e. The van der Waals surface area contributed by atoms with Crippen molar-refractivity contribution in [2.45, 2.75) is 45.3 Å². The van der Waals surface area contributed by atoms with Gasteiger partial charge in [-0.15, -0.1) is 11.3 Å². The summed E-state index contributed by atoms with van der Waals surface area (Å²) < 4.78 is 0. The summed E-state index contributed by atoms with van der Waals surface area (Å²) in [4.78, 5) is 4.41. The molecule has 2 unspecified atom stereocenters. The number of hydrogen-bond donors (Lipinski definition) is 2. The molecule has 0 aromatic carbocycles. The molecule has 1 aliphatic carbocycles. The van der Waals surface area contributed by atoms with Crippen LogP contribution in [-0.2, 0) is 6.54 Å². The highest BCUT2D eigenvalue weighted by Gasteiger charge is 2.22. The number of aryl methyl sites for hydroxylation is 1. The van der Waals surface area contributed by atoms with Crippen LogP contribution in [0.2, 0.25) is 0 Å². The standard InChI is InChI=1S/C12H20N2OS/c1-9-8-16-12(14-9)7-13-6-10-4-2-3-5-11(10)15/h8,10-11,13,15H,2-7H2,1H3. The van der Waals surface area contributed by atoms with Crippen molar-refractivity contribution in [2.24, 2.45) is 5.92 Å². The molecule has 1 aromatic rings. The Bertz CT molecular complexity index is 327. The summed E-state index contributed by atoms with van der Waals surface area (Å²) in [7, 11) is 0. The van der Waals surface area contributed by atoms with E-state index in [1.165, 1.54) is 12.8 Å². The zero-order valence-corrected chi connectivity index (χ0v) is 10.6. The molecule has 0 saturated heterocycles. The van der Waals surface area contributed by atoms with Gasteiger partial charge in [0.05, 0.1) is 6.10 Å². The monoisotopic (exact) mass is 240 g/mol. The van der Waals surface area contributed by atoms with Gasteiger partial charge < -0.3 is 10.4 Å². The van der Waals surface area contributed by atoms with Gasteiger partial charge >= 0.3 is 0 Å². The first-order chi connectivity index (χ1) is 7.75. The van der Waals surface area contributed by atoms with E-state index in [9.17, 15) is 5.11 Å². The van der Waals surface area contributed by atoms with Gasteiger partial charge in [0.15, 0.2) is 0 Å². The SMILES string of the molecule is Cc1csc(CNCC2CCCCC2O)n1. The van der Waals surface area contributed by atoms with E-state index in [4.69, 9.17) is 0 Å². The second-order valence-corrected chi connectivity index (χ2v) is 5.57. The number of hydrogen-bond acceptors (Lipinski definition) is 4. The summed E-state index contributed by atoms with van der Waals surface area (Å²) in [5, 5.41) is 16.4. The highest BCUT2D eigenvalue weighted by molar-refractivity contribution is 7.09. The third kappa shape index (κ3) is 3.27. The first-order valence-electron chi connectivity index (χ1n) is 6.05. The summed E-state index contributed by atoms with van der Waals surface area (Å²) in [5.74, 6) is 0.440. The highest BCUT2D eigenvalue weighted by atomic mass is 32.1. The molecule has 0 aliphatic heterocycles. The Hall–Kier alpha value is -0.450. The van der Waals surface area contributed by atoms with E-state index in [2.05, 4.69) is 15.7 Å². The molecule has 1 fully saturated rings. The van der Waals surface area contributed by atoms with Gasteiger partial charge in [0.1, 0.15) is 5.01 Å². The average Bonchev–Trinajstić information content (AvgIpc) is 2.67. The van der Waals surface area contributed by atoms with Gasteiger partial charge in [-0.3, -0.25) is 0 Å². The van der Waals surface area contributed by atoms with Crippen LogP contribution in [0.1, 0.15) is 36.4 Å². The van der Waals surface area contributed by atoms with E-state index in [1.807, 2.05) is 6.92 Å². The minimum Gasteiger partial charge on any atom is -0.393 e. The van der Waals surface area contributed by atoms with Crippen molar-refractivity contribution < 1.29 is 5.11 Å². The zero-order valence-electron chi connectivity index (χ0n) is 9.78. The first-order valence-corrected chi connectivity index (χ1v) is 6.93. The van der Waals surface area contributed by atoms with Crippen LogP contribution in [-0.4, -0.2) is 22.7 Å². The van der Waals surface area contributed by atoms with Crippen molar-refractivity contribution in [2.75, 3.05) is 6.54 Å². The van der Waals surface area contributed by atoms with E-state index in [0.717, 1.165) is 36.6 Å². The highest BCUT2D eigenvalue weighted by Crippen LogP contribution is 2.23. The fourth-order valence-electron chi connectivity index (χ4n) is 2.27. The fraction of sp³-hybridized carbons (Fsp3) is 0.750. The maximum atomic E-state index is 9.82. The number of aliphatic hydroxyl groups excluding tert-OH is 1. The van der Waals surface area contributed by atoms with E-state index >= 15 is 0 Å². The van der Waals surface area contributed by atoms with Crippen molar-refractivity contribution in [1.82, 2.24) is 10.3 Å². The van der Waals surface area contributed by atoms with Gasteiger partial charge in [-0.05, 0) is 25.7 Å². The topological polar surface area (TPSA) is 45.1 Å². The number of rotatable bonds is 4. The maximum Gasteiger partial charge on any atom is 0.107 e. The summed E-state index contributed by atoms with van der Waals surface area (Å²) >= 11 is 1.70. The molecular weight excluding hydrogens is 220 g/mol. The molecule has 1 heterocycles. The van der Waals surface area contributed by atoms with Crippen molar-refractivity contribution in [3.8, 4) is 0 Å². The lowest BCUT2D eigenvalue weighted by Gasteiger charge is -2.27. The Morgan fingerprint density at radius 1 is 1.50 bits per heavy atom. The molecule has 90 valence electrons. The molecule has 0 amide bonds. The van der Waals surface area contributed by atoms with Crippen LogP contribution in [0, 0.1) is 12.8 Å². The molecule has 4 heteroatoms. The minimum atomic E-state index is -0.0979. The molecule has 1 aliphatic rings. The molecule has 16 heavy (non-hydrogen) atoms. The average molecular weight is 240 g/mol. The molecule has 1 aromatic heterocycles. The van der Waals surface area contributed by atoms with E-state index in [1.54, 1.807) is 11.3 Å². The number of nitrogens with zero attached hydrogens (tertiary/aromatic N) is 1. The maximum absolute atomic E-state index is 9.82. The molecule has 0 radical (unpaired) electrons. The van der Waals surface area contributed by atoms with E-state index < -0.39 is 0 Å². The van der Waals surface area contributed by atoms with Gasteiger partial charge in [-0.2, -0.15) is 0 Å². The summed E-state index contributed by atoms with van der Waals surface area (Å²) in [6, 6.07) is 0. The van der Waals surface area contributed by atoms with Crippen LogP contribution in [0.4, 0.5) is 0 Å². The molecule has 1 saturated carbocycles. The lowest BCUT2D eigenvalue weighted by Crippen LogP contribution is -2.33. The van der Waals surface area contributed by atoms with Crippen molar-refractivity contribution in [1.29, 1.82) is 0 Å². The van der Waals surface area contributed by atoms with E-state index in [-0.39, 0.29) is 6.10 Å². The Labute approximate surface area is 101 Å². The normalized spacial score (nSPS) is 25.9. The van der Waals surface area contributed by atoms with Gasteiger partial charge in [-0.1, -0.05) is 12.8 Å². The Morgan fingerprint density at radius 2 is 2.31 bits per heavy atom. The second-order valence-electron chi connectivity index (χ2n) is 4.63. The van der Waals surface area contributed by atoms with Crippen LogP contribution in [0.5, 0.6) is 0 Å². The summed E-state index contributed by atoms with van der Waals surface area (Å²) in [5.41, 5.74) is 1.10. The van der Waals surface area contributed by atoms with Crippen molar-refractivity contribution >= 4 is 11.3 Å². The van der Waals surface area contributed by atoms with Crippen LogP contribution < -0.4 is 5.32 Å². The third-order valence-corrected chi connectivity index (χ3v) is 4.18. The number of aromatic nitrogens is 1. The van der Waals surface area contributed by atoms with Gasteiger partial charge in [-0.25, -0.2) is 4.98 Å². The molecular formula is C12H20N2OS. The number of thiazole rings is 1. The van der Waals surface area contributed by atoms with Gasteiger partial charge in [0, 0.05) is 24.2 Å². The zero-order chi connectivity index (χ0) is 11.4. The second kappa shape index (κ2) is 5.75. The van der Waals surface area contributed by atoms with Crippen molar-refractivity contribution in [3.05, 3.63) is 16.1 Å². The number of aliphatic hydroxyl groups is 1. The molecule has 0 spiro atoms. The molecule has 0 bridgehead atoms. The molecule has 2 atom stereocenters. The lowest BCUT2D eigenvalue weighted by atomic mass is 9.86. The minimum absolute atomic E-state index is 0.0979. The van der Waals surface area contributed by atoms with Gasteiger partial charge in [0.2, 0.25) is 0 Å². The number of nitrogens with one attached hydrogen (secondary N) is 1. The first kappa shape index (κ1) is 12.0. The van der Waals surface area contributed by atoms with E-state index in [0.29, 0.717) is 5.92 Å². The Balaban J connectivity index is 1.71. The van der Waals surface area contributed by atoms with Crippen LogP contribution in [0.25, 0.3) is 0 Å². The van der Waals surface area contributed by atoms with Crippen molar-refractivity contribution in [3.63, 3.8) is 0 Å². The predicted octanol–water partition coefficient (Wildman–Crippen LogP) is 2.09. The fourth-order valence-corrected chi connectivity index (χ4v) is 3.02. The largest absolute Gasteiger partial charge is 0.393 e. The molecule has 2 rings (SSSR count). The van der Waals surface area contributed by atoms with Crippen LogP contribution in [0.3, 0.4) is 0 Å². The molecule has 2 N–H and O–H groups in total. The van der Waals surface area contributed by atoms with Gasteiger partial charge in [0.25, 0.3) is 0 Å². The summed E-state index contributed by atoms with van der Waals surface area (Å²) in [6.07, 6.45) is 4.48. The summed E-state index contributed by atoms with van der Waals surface area (Å²) in [6.45, 7) is 3.77. The van der Waals surface area contributed by atoms with Crippen LogP contribution >= 0.6 is 11.3 Å². The third-order valence-electron chi connectivity index (χ3n) is 3.22. The Morgan fingerprint density at radius 3 is 3.00 bits per heavy atom. The molecule has 3 nitrogen and oxygen atoms in total. The Kier molecular flexibility index (Phi) is 4.32. The predicted molar refractivity (Wildman–Crippen MR) is 66.5 cm³/mol. The lowest BCUT2D eigenvalue weighted by molar-refractivity contribution is 0.0695. The quantitative estimate of drug-likeness (QED) is 0.847. The van der Waals surface area contributed by atoms with Crippen LogP contribution in [0.15, 0.2) is 5.38 Å².